The molecule has 1 rings (SSSR count). The molecule has 1 aliphatic heterocycles. The van der Waals surface area contributed by atoms with E-state index in [1.807, 2.05) is 7.05 Å². The van der Waals surface area contributed by atoms with Gasteiger partial charge in [-0.3, -0.25) is 0 Å². The fourth-order valence-electron chi connectivity index (χ4n) is 2.29. The van der Waals surface area contributed by atoms with Crippen molar-refractivity contribution in [1.82, 2.24) is 10.2 Å². The van der Waals surface area contributed by atoms with Crippen molar-refractivity contribution in [1.29, 1.82) is 0 Å². The average Bonchev–Trinajstić information content (AvgIpc) is 2.63. The van der Waals surface area contributed by atoms with Crippen LogP contribution in [-0.2, 0) is 0 Å². The smallest absolute Gasteiger partial charge is 0.00106 e. The first-order chi connectivity index (χ1) is 6.86. The van der Waals surface area contributed by atoms with Gasteiger partial charge in [-0.15, -0.1) is 0 Å². The van der Waals surface area contributed by atoms with Gasteiger partial charge < -0.3 is 10.2 Å². The lowest BCUT2D eigenvalue weighted by atomic mass is 10.1. The molecule has 14 heavy (non-hydrogen) atoms. The van der Waals surface area contributed by atoms with Crippen LogP contribution in [0, 0.1) is 5.92 Å². The number of nitrogens with zero attached hydrogens (tertiary/aromatic N) is 1. The summed E-state index contributed by atoms with van der Waals surface area (Å²) >= 11 is 0. The van der Waals surface area contributed by atoms with Gasteiger partial charge in [0.05, 0.1) is 0 Å². The molecule has 84 valence electrons. The van der Waals surface area contributed by atoms with E-state index in [1.54, 1.807) is 0 Å². The van der Waals surface area contributed by atoms with Crippen molar-refractivity contribution in [2.24, 2.45) is 5.92 Å². The van der Waals surface area contributed by atoms with Crippen molar-refractivity contribution >= 4 is 0 Å². The van der Waals surface area contributed by atoms with Crippen molar-refractivity contribution in [2.75, 3.05) is 33.2 Å². The quantitative estimate of drug-likeness (QED) is 0.630. The van der Waals surface area contributed by atoms with E-state index in [4.69, 9.17) is 0 Å². The number of likely N-dealkylation sites (tertiary alicyclic amines) is 1. The van der Waals surface area contributed by atoms with Crippen molar-refractivity contribution in [3.63, 3.8) is 0 Å². The number of hydrogen-bond donors (Lipinski definition) is 1. The van der Waals surface area contributed by atoms with Gasteiger partial charge in [-0.2, -0.15) is 0 Å². The maximum Gasteiger partial charge on any atom is 0.00106 e. The third kappa shape index (κ3) is 4.43. The molecule has 0 aromatic carbocycles. The molecule has 0 spiro atoms. The van der Waals surface area contributed by atoms with Crippen molar-refractivity contribution in [3.8, 4) is 0 Å². The largest absolute Gasteiger partial charge is 0.320 e. The van der Waals surface area contributed by atoms with Gasteiger partial charge in [0.15, 0.2) is 0 Å². The van der Waals surface area contributed by atoms with Crippen LogP contribution in [0.15, 0.2) is 0 Å². The fourth-order valence-corrected chi connectivity index (χ4v) is 2.29. The van der Waals surface area contributed by atoms with Crippen LogP contribution in [0.25, 0.3) is 0 Å². The lowest BCUT2D eigenvalue weighted by molar-refractivity contribution is 0.312. The normalized spacial score (nSPS) is 23.1. The van der Waals surface area contributed by atoms with Crippen LogP contribution in [0.1, 0.15) is 39.0 Å². The minimum Gasteiger partial charge on any atom is -0.320 e. The maximum atomic E-state index is 3.24. The summed E-state index contributed by atoms with van der Waals surface area (Å²) in [5.74, 6) is 0.962. The highest BCUT2D eigenvalue weighted by Gasteiger charge is 2.20. The van der Waals surface area contributed by atoms with Gasteiger partial charge in [-0.25, -0.2) is 0 Å². The van der Waals surface area contributed by atoms with E-state index >= 15 is 0 Å². The lowest BCUT2D eigenvalue weighted by Gasteiger charge is -2.15. The van der Waals surface area contributed by atoms with Crippen molar-refractivity contribution in [3.05, 3.63) is 0 Å². The van der Waals surface area contributed by atoms with Crippen molar-refractivity contribution in [2.45, 2.75) is 39.0 Å². The van der Waals surface area contributed by atoms with Gasteiger partial charge >= 0.3 is 0 Å². The first-order valence-electron chi connectivity index (χ1n) is 6.23. The van der Waals surface area contributed by atoms with Gasteiger partial charge in [0, 0.05) is 6.54 Å². The van der Waals surface area contributed by atoms with Gasteiger partial charge in [-0.1, -0.05) is 19.8 Å². The van der Waals surface area contributed by atoms with Crippen LogP contribution < -0.4 is 5.32 Å². The molecule has 1 saturated heterocycles. The molecule has 1 unspecified atom stereocenters. The van der Waals surface area contributed by atoms with Crippen LogP contribution in [0.5, 0.6) is 0 Å². The predicted octanol–water partition coefficient (Wildman–Crippen LogP) is 2.11. The third-order valence-corrected chi connectivity index (χ3v) is 3.25. The Morgan fingerprint density at radius 2 is 2.21 bits per heavy atom. The molecule has 1 atom stereocenters. The summed E-state index contributed by atoms with van der Waals surface area (Å²) in [7, 11) is 2.05. The molecule has 0 saturated carbocycles. The fraction of sp³-hybridized carbons (Fsp3) is 1.00. The van der Waals surface area contributed by atoms with E-state index in [0.29, 0.717) is 0 Å². The van der Waals surface area contributed by atoms with Crippen LogP contribution >= 0.6 is 0 Å². The zero-order valence-corrected chi connectivity index (χ0v) is 9.89. The molecule has 0 aliphatic carbocycles. The Bertz CT molecular complexity index is 136. The van der Waals surface area contributed by atoms with Crippen molar-refractivity contribution < 1.29 is 0 Å². The minimum atomic E-state index is 0.962. The average molecular weight is 198 g/mol. The molecule has 0 aromatic rings. The second kappa shape index (κ2) is 7.24. The number of unbranched alkanes of at least 4 members (excludes halogenated alkanes) is 2. The molecule has 0 amide bonds. The molecule has 1 N–H and O–H groups in total. The molecular weight excluding hydrogens is 172 g/mol. The second-order valence-corrected chi connectivity index (χ2v) is 4.55. The first-order valence-corrected chi connectivity index (χ1v) is 6.23. The van der Waals surface area contributed by atoms with Crippen LogP contribution in [0.4, 0.5) is 0 Å². The van der Waals surface area contributed by atoms with Gasteiger partial charge in [-0.05, 0) is 51.9 Å². The molecule has 0 bridgehead atoms. The Kier molecular flexibility index (Phi) is 6.20. The summed E-state index contributed by atoms with van der Waals surface area (Å²) in [6, 6.07) is 0. The standard InChI is InChI=1S/C12H26N2/c1-3-4-5-9-14-10-7-12(11-14)6-8-13-2/h12-13H,3-11H2,1-2H3. The summed E-state index contributed by atoms with van der Waals surface area (Å²) in [6.45, 7) is 7.50. The predicted molar refractivity (Wildman–Crippen MR) is 62.6 cm³/mol. The summed E-state index contributed by atoms with van der Waals surface area (Å²) in [5, 5.41) is 3.24. The Morgan fingerprint density at radius 3 is 2.93 bits per heavy atom. The van der Waals surface area contributed by atoms with E-state index in [2.05, 4.69) is 17.1 Å². The van der Waals surface area contributed by atoms with E-state index in [-0.39, 0.29) is 0 Å². The van der Waals surface area contributed by atoms with E-state index in [1.165, 1.54) is 58.3 Å². The number of hydrogen-bond acceptors (Lipinski definition) is 2. The van der Waals surface area contributed by atoms with E-state index < -0.39 is 0 Å². The highest BCUT2D eigenvalue weighted by atomic mass is 15.1. The van der Waals surface area contributed by atoms with Gasteiger partial charge in [0.1, 0.15) is 0 Å². The highest BCUT2D eigenvalue weighted by molar-refractivity contribution is 4.75. The molecule has 2 nitrogen and oxygen atoms in total. The molecule has 1 aliphatic rings. The molecule has 1 fully saturated rings. The lowest BCUT2D eigenvalue weighted by Crippen LogP contribution is -2.22. The maximum absolute atomic E-state index is 3.24. The molecule has 2 heteroatoms. The molecule has 0 radical (unpaired) electrons. The van der Waals surface area contributed by atoms with E-state index in [9.17, 15) is 0 Å². The summed E-state index contributed by atoms with van der Waals surface area (Å²) in [6.07, 6.45) is 6.93. The summed E-state index contributed by atoms with van der Waals surface area (Å²) < 4.78 is 0. The van der Waals surface area contributed by atoms with E-state index in [0.717, 1.165) is 5.92 Å². The zero-order valence-electron chi connectivity index (χ0n) is 9.89. The second-order valence-electron chi connectivity index (χ2n) is 4.55. The highest BCUT2D eigenvalue weighted by Crippen LogP contribution is 2.19. The first kappa shape index (κ1) is 12.0. The Balaban J connectivity index is 2.02. The van der Waals surface area contributed by atoms with Crippen LogP contribution in [0.2, 0.25) is 0 Å². The van der Waals surface area contributed by atoms with Crippen LogP contribution in [0.3, 0.4) is 0 Å². The minimum absolute atomic E-state index is 0.962. The summed E-state index contributed by atoms with van der Waals surface area (Å²) in [4.78, 5) is 2.65. The monoisotopic (exact) mass is 198 g/mol. The zero-order chi connectivity index (χ0) is 10.2. The Hall–Kier alpha value is -0.0800. The van der Waals surface area contributed by atoms with Crippen LogP contribution in [-0.4, -0.2) is 38.1 Å². The molecule has 1 heterocycles. The number of nitrogens with one attached hydrogen (secondary N) is 1. The van der Waals surface area contributed by atoms with Gasteiger partial charge in [0.2, 0.25) is 0 Å². The Labute approximate surface area is 89.1 Å². The molecule has 0 aromatic heterocycles. The third-order valence-electron chi connectivity index (χ3n) is 3.25. The molecular formula is C12H26N2. The Morgan fingerprint density at radius 1 is 1.36 bits per heavy atom. The summed E-state index contributed by atoms with van der Waals surface area (Å²) in [5.41, 5.74) is 0. The SMILES string of the molecule is CCCCCN1CCC(CCNC)C1. The topological polar surface area (TPSA) is 15.3 Å². The van der Waals surface area contributed by atoms with Gasteiger partial charge in [0.25, 0.3) is 0 Å². The number of rotatable bonds is 7.